The molecule has 80 heavy (non-hydrogen) atoms. The highest BCUT2D eigenvalue weighted by molar-refractivity contribution is 6.06. The third-order valence-corrected chi connectivity index (χ3v) is 17.1. The van der Waals surface area contributed by atoms with Gasteiger partial charge in [0, 0.05) is 67.5 Å². The first-order chi connectivity index (χ1) is 39.5. The van der Waals surface area contributed by atoms with Crippen LogP contribution in [-0.2, 0) is 12.8 Å². The molecule has 8 bridgehead atoms. The van der Waals surface area contributed by atoms with E-state index in [1.54, 1.807) is 24.5 Å². The number of fused-ring (bicyclic) bond motifs is 10. The summed E-state index contributed by atoms with van der Waals surface area (Å²) in [5.74, 6) is 0.321. The molecule has 7 heterocycles. The molecular weight excluding hydrogens is 981 g/mol. The molecule has 0 atom stereocenters. The summed E-state index contributed by atoms with van der Waals surface area (Å²) in [4.78, 5) is 28.4. The number of aromatic hydroxyl groups is 2. The number of hydrogen-bond donors (Lipinski definition) is 4. The van der Waals surface area contributed by atoms with Crippen LogP contribution in [0.1, 0.15) is 240 Å². The minimum absolute atomic E-state index is 0.160. The highest BCUT2D eigenvalue weighted by Gasteiger charge is 2.21. The normalized spacial score (nSPS) is 12.2. The Hall–Kier alpha value is -6.54. The molecule has 422 valence electrons. The lowest BCUT2D eigenvalue weighted by atomic mass is 9.98. The molecule has 8 nitrogen and oxygen atoms in total. The van der Waals surface area contributed by atoms with E-state index in [1.165, 1.54) is 191 Å². The quantitative estimate of drug-likeness (QED) is 0.0298. The van der Waals surface area contributed by atoms with Crippen molar-refractivity contribution in [2.75, 3.05) is 0 Å². The van der Waals surface area contributed by atoms with Crippen molar-refractivity contribution in [1.29, 1.82) is 0 Å². The first kappa shape index (κ1) is 58.1. The highest BCUT2D eigenvalue weighted by atomic mass is 16.3. The van der Waals surface area contributed by atoms with Gasteiger partial charge < -0.3 is 20.2 Å². The van der Waals surface area contributed by atoms with Gasteiger partial charge in [-0.2, -0.15) is 0 Å². The average Bonchev–Trinajstić information content (AvgIpc) is 4.38. The number of benzene rings is 2. The van der Waals surface area contributed by atoms with Gasteiger partial charge in [0.1, 0.15) is 22.5 Å². The summed E-state index contributed by atoms with van der Waals surface area (Å²) in [5, 5.41) is 23.9. The SMILES string of the molecule is CCCCCCCCCCCCCCCCCc1c2nc(c(-c3ccc(O)c4ncccc34)c3ccc([nH]3)c(CCCCCCCCCCCCCCCCC)c3nc(c(-c4ccc(O)c5ncccc45)c4ccc1[nH]4)C=C3)C=C2. The smallest absolute Gasteiger partial charge is 0.141 e. The van der Waals surface area contributed by atoms with Gasteiger partial charge in [0.2, 0.25) is 0 Å². The average molecular weight is 1070 g/mol. The Balaban J connectivity index is 1.04. The molecule has 8 heteroatoms. The van der Waals surface area contributed by atoms with Crippen LogP contribution >= 0.6 is 0 Å². The standard InChI is InChI=1S/C72H92N6O2/c1-3-5-7-9-11-13-15-17-19-21-23-25-27-29-31-35-57-59-41-45-63(75-59)69(53-39-49-67(79)71-55(53)37-33-51-73-71)65-47-43-61(77-65)58(36-32-30-28-26-24-22-20-18-16-14-12-10-8-6-4-2)62-44-48-66(78-62)70(64-46-42-60(57)76-64)54-40-50-68(80)72-56(54)38-34-52-74-72/h33-34,37-52,75,78-80H,3-32,35-36H2,1-2H3. The molecule has 0 unspecified atom stereocenters. The van der Waals surface area contributed by atoms with Crippen molar-refractivity contribution in [2.24, 2.45) is 0 Å². The molecule has 0 saturated heterocycles. The number of nitrogens with zero attached hydrogens (tertiary/aromatic N) is 4. The van der Waals surface area contributed by atoms with E-state index in [1.807, 2.05) is 24.3 Å². The Bertz CT molecular complexity index is 3100. The fourth-order valence-corrected chi connectivity index (χ4v) is 12.5. The Morgan fingerprint density at radius 2 is 0.650 bits per heavy atom. The van der Waals surface area contributed by atoms with E-state index in [2.05, 4.69) is 94.5 Å². The maximum Gasteiger partial charge on any atom is 0.141 e. The summed E-state index contributed by atoms with van der Waals surface area (Å²) in [6.07, 6.45) is 53.7. The summed E-state index contributed by atoms with van der Waals surface area (Å²) in [5.41, 5.74) is 15.0. The number of hydrogen-bond acceptors (Lipinski definition) is 6. The van der Waals surface area contributed by atoms with Crippen molar-refractivity contribution in [2.45, 2.75) is 219 Å². The number of aromatic amines is 2. The van der Waals surface area contributed by atoms with Gasteiger partial charge in [-0.3, -0.25) is 9.97 Å². The first-order valence-electron chi connectivity index (χ1n) is 31.8. The van der Waals surface area contributed by atoms with Gasteiger partial charge in [0.25, 0.3) is 0 Å². The molecule has 0 saturated carbocycles. The maximum absolute atomic E-state index is 11.1. The van der Waals surface area contributed by atoms with Crippen LogP contribution in [0.4, 0.5) is 0 Å². The topological polar surface area (TPSA) is 124 Å². The van der Waals surface area contributed by atoms with Crippen molar-refractivity contribution in [3.05, 3.63) is 119 Å². The van der Waals surface area contributed by atoms with Crippen LogP contribution in [-0.4, -0.2) is 40.1 Å². The van der Waals surface area contributed by atoms with Crippen molar-refractivity contribution in [3.63, 3.8) is 0 Å². The number of aryl methyl sites for hydroxylation is 2. The predicted octanol–water partition coefficient (Wildman–Crippen LogP) is 21.3. The van der Waals surface area contributed by atoms with E-state index in [9.17, 15) is 10.2 Å². The van der Waals surface area contributed by atoms with Crippen LogP contribution in [0.3, 0.4) is 0 Å². The summed E-state index contributed by atoms with van der Waals surface area (Å²) in [7, 11) is 0. The van der Waals surface area contributed by atoms with Gasteiger partial charge in [-0.25, -0.2) is 9.97 Å². The Morgan fingerprint density at radius 3 is 1.00 bits per heavy atom. The number of aromatic nitrogens is 6. The lowest BCUT2D eigenvalue weighted by Gasteiger charge is -2.10. The van der Waals surface area contributed by atoms with Gasteiger partial charge in [0.05, 0.1) is 22.8 Å². The zero-order valence-corrected chi connectivity index (χ0v) is 48.7. The van der Waals surface area contributed by atoms with Crippen LogP contribution in [0.5, 0.6) is 11.5 Å². The molecule has 0 aliphatic carbocycles. The fraction of sp³-hybridized carbons (Fsp3) is 0.472. The molecule has 0 radical (unpaired) electrons. The number of nitrogens with one attached hydrogen (secondary N) is 2. The molecule has 0 spiro atoms. The van der Waals surface area contributed by atoms with Gasteiger partial charge in [-0.15, -0.1) is 0 Å². The molecule has 4 N–H and O–H groups in total. The monoisotopic (exact) mass is 1070 g/mol. The second-order valence-corrected chi connectivity index (χ2v) is 23.2. The minimum atomic E-state index is 0.160. The van der Waals surface area contributed by atoms with Gasteiger partial charge in [0.15, 0.2) is 0 Å². The lowest BCUT2D eigenvalue weighted by Crippen LogP contribution is -1.94. The molecule has 9 rings (SSSR count). The van der Waals surface area contributed by atoms with Crippen molar-refractivity contribution >= 4 is 68.2 Å². The summed E-state index contributed by atoms with van der Waals surface area (Å²) >= 11 is 0. The number of H-pyrrole nitrogens is 2. The molecule has 0 fully saturated rings. The molecule has 2 aliphatic rings. The lowest BCUT2D eigenvalue weighted by molar-refractivity contribution is 0.480. The number of rotatable bonds is 34. The van der Waals surface area contributed by atoms with E-state index in [0.29, 0.717) is 11.0 Å². The molecule has 5 aromatic heterocycles. The van der Waals surface area contributed by atoms with Crippen LogP contribution in [0.25, 0.3) is 90.4 Å². The summed E-state index contributed by atoms with van der Waals surface area (Å²) < 4.78 is 0. The van der Waals surface area contributed by atoms with E-state index in [4.69, 9.17) is 9.97 Å². The van der Waals surface area contributed by atoms with Crippen molar-refractivity contribution in [1.82, 2.24) is 29.9 Å². The second-order valence-electron chi connectivity index (χ2n) is 23.2. The van der Waals surface area contributed by atoms with E-state index in [-0.39, 0.29) is 11.5 Å². The van der Waals surface area contributed by atoms with Crippen LogP contribution in [0.15, 0.2) is 85.2 Å². The van der Waals surface area contributed by atoms with Crippen molar-refractivity contribution in [3.8, 4) is 33.8 Å². The molecule has 7 aromatic rings. The molecule has 2 aliphatic heterocycles. The third kappa shape index (κ3) is 15.5. The Labute approximate surface area is 478 Å². The van der Waals surface area contributed by atoms with Crippen LogP contribution in [0, 0.1) is 0 Å². The second kappa shape index (κ2) is 30.9. The number of phenolic OH excluding ortho intramolecular Hbond substituents is 2. The van der Waals surface area contributed by atoms with E-state index < -0.39 is 0 Å². The van der Waals surface area contributed by atoms with E-state index >= 15 is 0 Å². The number of phenols is 2. The number of pyridine rings is 2. The highest BCUT2D eigenvalue weighted by Crippen LogP contribution is 2.41. The largest absolute Gasteiger partial charge is 0.506 e. The zero-order valence-electron chi connectivity index (χ0n) is 48.7. The van der Waals surface area contributed by atoms with Gasteiger partial charge >= 0.3 is 0 Å². The van der Waals surface area contributed by atoms with E-state index in [0.717, 1.165) is 104 Å². The predicted molar refractivity (Wildman–Crippen MR) is 341 cm³/mol. The maximum atomic E-state index is 11.1. The molecule has 2 aromatic carbocycles. The third-order valence-electron chi connectivity index (χ3n) is 17.1. The first-order valence-corrected chi connectivity index (χ1v) is 31.8. The van der Waals surface area contributed by atoms with Gasteiger partial charge in [-0.1, -0.05) is 206 Å². The van der Waals surface area contributed by atoms with Gasteiger partial charge in [-0.05, 0) is 122 Å². The van der Waals surface area contributed by atoms with Crippen LogP contribution in [0.2, 0.25) is 0 Å². The Kier molecular flexibility index (Phi) is 22.4. The van der Waals surface area contributed by atoms with Crippen molar-refractivity contribution < 1.29 is 10.2 Å². The summed E-state index contributed by atoms with van der Waals surface area (Å²) in [6, 6.07) is 24.4. The molecule has 0 amide bonds. The Morgan fingerprint density at radius 1 is 0.338 bits per heavy atom. The minimum Gasteiger partial charge on any atom is -0.506 e. The zero-order chi connectivity index (χ0) is 55.1. The summed E-state index contributed by atoms with van der Waals surface area (Å²) in [6.45, 7) is 4.59. The molecular formula is C72H92N6O2. The van der Waals surface area contributed by atoms with Crippen LogP contribution < -0.4 is 0 Å². The fourth-order valence-electron chi connectivity index (χ4n) is 12.5. The number of unbranched alkanes of at least 4 members (excludes halogenated alkanes) is 28.